The van der Waals surface area contributed by atoms with Gasteiger partial charge in [0.25, 0.3) is 0 Å². The molecule has 43 heavy (non-hydrogen) atoms. The number of esters is 1. The SMILES string of the molecule is COC(=O)CCCCC(=O)C[C@@H]1[C@@H](C=C[C@H](COc2cccc(Cl)c2)OC2CCCCO2)[C@H](OC2CCCCO2)C[C@@H]1O. The molecule has 3 aliphatic rings. The van der Waals surface area contributed by atoms with Crippen molar-refractivity contribution in [3.63, 3.8) is 0 Å². The number of aliphatic hydroxyl groups excluding tert-OH is 1. The average molecular weight is 623 g/mol. The quantitative estimate of drug-likeness (QED) is 0.139. The molecule has 2 heterocycles. The zero-order valence-electron chi connectivity index (χ0n) is 25.2. The Bertz CT molecular complexity index is 1020. The van der Waals surface area contributed by atoms with Gasteiger partial charge in [0.15, 0.2) is 12.6 Å². The molecule has 4 rings (SSSR count). The first-order valence-corrected chi connectivity index (χ1v) is 16.2. The fourth-order valence-corrected chi connectivity index (χ4v) is 6.18. The number of unbranched alkanes of at least 4 members (excludes halogenated alkanes) is 1. The lowest BCUT2D eigenvalue weighted by molar-refractivity contribution is -0.193. The summed E-state index contributed by atoms with van der Waals surface area (Å²) >= 11 is 6.15. The van der Waals surface area contributed by atoms with Gasteiger partial charge >= 0.3 is 5.97 Å². The molecule has 0 amide bonds. The van der Waals surface area contributed by atoms with Gasteiger partial charge in [0.1, 0.15) is 24.2 Å². The maximum absolute atomic E-state index is 13.0. The van der Waals surface area contributed by atoms with E-state index in [1.165, 1.54) is 7.11 Å². The standard InChI is InChI=1S/C33H47ClO9/c1-38-31(37)12-3-2-10-24(35)20-28-27(30(21-29(28)36)43-33-14-5-7-18-40-33)16-15-26(42-32-13-4-6-17-39-32)22-41-25-11-8-9-23(34)19-25/h8-9,11,15-16,19,26-30,32-33,36H,2-7,10,12-14,17-18,20-22H2,1H3/t26-,27-,28-,29+,30-,32?,33?/m1/s1. The topological polar surface area (TPSA) is 110 Å². The molecule has 0 aromatic heterocycles. The first-order valence-electron chi connectivity index (χ1n) is 15.8. The van der Waals surface area contributed by atoms with Crippen LogP contribution in [0.2, 0.25) is 5.02 Å². The molecular weight excluding hydrogens is 576 g/mol. The number of ether oxygens (including phenoxy) is 6. The molecule has 7 atom stereocenters. The molecule has 1 N–H and O–H groups in total. The second kappa shape index (κ2) is 18.1. The van der Waals surface area contributed by atoms with E-state index in [0.717, 1.165) is 38.5 Å². The molecule has 0 spiro atoms. The fourth-order valence-electron chi connectivity index (χ4n) is 6.00. The highest BCUT2D eigenvalue weighted by Crippen LogP contribution is 2.40. The number of benzene rings is 1. The minimum absolute atomic E-state index is 0.0644. The molecule has 3 fully saturated rings. The molecule has 1 aromatic carbocycles. The number of aliphatic hydroxyl groups is 1. The van der Waals surface area contributed by atoms with Gasteiger partial charge in [-0.15, -0.1) is 0 Å². The Morgan fingerprint density at radius 3 is 2.51 bits per heavy atom. The van der Waals surface area contributed by atoms with Crippen LogP contribution in [0.15, 0.2) is 36.4 Å². The molecule has 0 radical (unpaired) electrons. The third-order valence-corrected chi connectivity index (χ3v) is 8.59. The van der Waals surface area contributed by atoms with Crippen LogP contribution in [0.4, 0.5) is 0 Å². The van der Waals surface area contributed by atoms with Crippen LogP contribution < -0.4 is 4.74 Å². The van der Waals surface area contributed by atoms with Crippen molar-refractivity contribution in [3.8, 4) is 5.75 Å². The molecule has 2 saturated heterocycles. The third-order valence-electron chi connectivity index (χ3n) is 8.36. The van der Waals surface area contributed by atoms with E-state index >= 15 is 0 Å². The predicted octanol–water partition coefficient (Wildman–Crippen LogP) is 5.79. The van der Waals surface area contributed by atoms with Crippen LogP contribution in [-0.2, 0) is 33.3 Å². The van der Waals surface area contributed by atoms with Crippen LogP contribution >= 0.6 is 11.6 Å². The Morgan fingerprint density at radius 2 is 1.81 bits per heavy atom. The second-order valence-electron chi connectivity index (χ2n) is 11.7. The third kappa shape index (κ3) is 11.5. The van der Waals surface area contributed by atoms with Gasteiger partial charge in [-0.05, 0) is 69.6 Å². The Hall–Kier alpha value is -2.01. The number of Topliss-reactive ketones (excluding diaryl/α,β-unsaturated/α-hetero) is 1. The zero-order chi connectivity index (χ0) is 30.4. The predicted molar refractivity (Wildman–Crippen MR) is 161 cm³/mol. The number of halogens is 1. The number of rotatable bonds is 16. The summed E-state index contributed by atoms with van der Waals surface area (Å²) in [4.78, 5) is 24.4. The van der Waals surface area contributed by atoms with E-state index in [1.54, 1.807) is 12.1 Å². The Kier molecular flexibility index (Phi) is 14.2. The summed E-state index contributed by atoms with van der Waals surface area (Å²) in [7, 11) is 1.36. The lowest BCUT2D eigenvalue weighted by atomic mass is 9.87. The van der Waals surface area contributed by atoms with Gasteiger partial charge in [-0.1, -0.05) is 29.8 Å². The van der Waals surface area contributed by atoms with E-state index in [2.05, 4.69) is 4.74 Å². The lowest BCUT2D eigenvalue weighted by Gasteiger charge is -2.30. The molecular formula is C33H47ClO9. The molecule has 1 aromatic rings. The van der Waals surface area contributed by atoms with Crippen molar-refractivity contribution in [1.29, 1.82) is 0 Å². The van der Waals surface area contributed by atoms with E-state index in [4.69, 9.17) is 35.3 Å². The highest BCUT2D eigenvalue weighted by atomic mass is 35.5. The highest BCUT2D eigenvalue weighted by molar-refractivity contribution is 6.30. The fraction of sp³-hybridized carbons (Fsp3) is 0.697. The molecule has 2 unspecified atom stereocenters. The minimum atomic E-state index is -0.689. The van der Waals surface area contributed by atoms with Gasteiger partial charge in [-0.2, -0.15) is 0 Å². The second-order valence-corrected chi connectivity index (χ2v) is 12.1. The monoisotopic (exact) mass is 622 g/mol. The van der Waals surface area contributed by atoms with Crippen molar-refractivity contribution < 1.29 is 43.1 Å². The first kappa shape index (κ1) is 33.9. The summed E-state index contributed by atoms with van der Waals surface area (Å²) < 4.78 is 35.2. The van der Waals surface area contributed by atoms with E-state index in [9.17, 15) is 14.7 Å². The number of ketones is 1. The van der Waals surface area contributed by atoms with Crippen molar-refractivity contribution >= 4 is 23.4 Å². The highest BCUT2D eigenvalue weighted by Gasteiger charge is 2.44. The maximum atomic E-state index is 13.0. The Labute approximate surface area is 260 Å². The van der Waals surface area contributed by atoms with Gasteiger partial charge in [0, 0.05) is 55.8 Å². The van der Waals surface area contributed by atoms with Crippen LogP contribution in [0.5, 0.6) is 5.75 Å². The number of carbonyl (C=O) groups excluding carboxylic acids is 2. The summed E-state index contributed by atoms with van der Waals surface area (Å²) in [6.45, 7) is 1.56. The van der Waals surface area contributed by atoms with Crippen LogP contribution in [0.25, 0.3) is 0 Å². The van der Waals surface area contributed by atoms with Gasteiger partial charge in [-0.3, -0.25) is 9.59 Å². The van der Waals surface area contributed by atoms with E-state index in [1.807, 2.05) is 24.3 Å². The van der Waals surface area contributed by atoms with Crippen LogP contribution in [0.1, 0.15) is 77.0 Å². The summed E-state index contributed by atoms with van der Waals surface area (Å²) in [5.41, 5.74) is 0. The van der Waals surface area contributed by atoms with Crippen molar-refractivity contribution in [2.75, 3.05) is 26.9 Å². The number of hydrogen-bond acceptors (Lipinski definition) is 9. The van der Waals surface area contributed by atoms with E-state index < -0.39 is 12.2 Å². The minimum Gasteiger partial charge on any atom is -0.490 e. The van der Waals surface area contributed by atoms with Crippen LogP contribution in [0, 0.1) is 11.8 Å². The molecule has 10 heteroatoms. The smallest absolute Gasteiger partial charge is 0.305 e. The number of hydrogen-bond donors (Lipinski definition) is 1. The van der Waals surface area contributed by atoms with Gasteiger partial charge in [-0.25, -0.2) is 0 Å². The van der Waals surface area contributed by atoms with Gasteiger partial charge in [0.2, 0.25) is 0 Å². The van der Waals surface area contributed by atoms with Crippen LogP contribution in [-0.4, -0.2) is 74.7 Å². The molecule has 0 bridgehead atoms. The summed E-state index contributed by atoms with van der Waals surface area (Å²) in [5, 5.41) is 11.7. The van der Waals surface area contributed by atoms with Crippen LogP contribution in [0.3, 0.4) is 0 Å². The number of methoxy groups -OCH3 is 1. The van der Waals surface area contributed by atoms with Crippen molar-refractivity contribution in [2.24, 2.45) is 11.8 Å². The van der Waals surface area contributed by atoms with E-state index in [0.29, 0.717) is 56.1 Å². The summed E-state index contributed by atoms with van der Waals surface area (Å²) in [6, 6.07) is 7.23. The first-order chi connectivity index (χ1) is 20.9. The van der Waals surface area contributed by atoms with Crippen molar-refractivity contribution in [3.05, 3.63) is 41.4 Å². The summed E-state index contributed by atoms with van der Waals surface area (Å²) in [6.07, 6.45) is 10.1. The zero-order valence-corrected chi connectivity index (χ0v) is 26.0. The van der Waals surface area contributed by atoms with Crippen molar-refractivity contribution in [2.45, 2.75) is 108 Å². The van der Waals surface area contributed by atoms with Gasteiger partial charge in [0.05, 0.1) is 19.3 Å². The summed E-state index contributed by atoms with van der Waals surface area (Å²) in [5.74, 6) is -0.0951. The molecule has 2 aliphatic heterocycles. The lowest BCUT2D eigenvalue weighted by Crippen LogP contribution is -2.32. The Morgan fingerprint density at radius 1 is 1.07 bits per heavy atom. The van der Waals surface area contributed by atoms with Crippen molar-refractivity contribution in [1.82, 2.24) is 0 Å². The molecule has 1 aliphatic carbocycles. The molecule has 1 saturated carbocycles. The number of carbonyl (C=O) groups is 2. The van der Waals surface area contributed by atoms with Gasteiger partial charge < -0.3 is 33.5 Å². The average Bonchev–Trinajstić information content (AvgIpc) is 3.30. The molecule has 240 valence electrons. The molecule has 9 nitrogen and oxygen atoms in total. The maximum Gasteiger partial charge on any atom is 0.305 e. The normalized spacial score (nSPS) is 28.5. The van der Waals surface area contributed by atoms with E-state index in [-0.39, 0.29) is 55.3 Å². The largest absolute Gasteiger partial charge is 0.490 e. The Balaban J connectivity index is 1.45.